The normalized spacial score (nSPS) is 12.6. The van der Waals surface area contributed by atoms with Crippen LogP contribution in [0.15, 0.2) is 12.4 Å². The van der Waals surface area contributed by atoms with Crippen LogP contribution in [0.5, 0.6) is 0 Å². The van der Waals surface area contributed by atoms with Crippen molar-refractivity contribution in [1.82, 2.24) is 14.9 Å². The maximum absolute atomic E-state index is 12.7. The molecule has 0 fully saturated rings. The molecular formula is C8H8F5N3O. The number of hydrogen-bond donors (Lipinski definition) is 1. The van der Waals surface area contributed by atoms with E-state index in [0.717, 1.165) is 7.05 Å². The molecule has 0 aromatic carbocycles. The van der Waals surface area contributed by atoms with Gasteiger partial charge in [0.2, 0.25) is 0 Å². The lowest BCUT2D eigenvalue weighted by Crippen LogP contribution is -2.50. The van der Waals surface area contributed by atoms with Crippen molar-refractivity contribution in [2.75, 3.05) is 7.05 Å². The van der Waals surface area contributed by atoms with E-state index in [-0.39, 0.29) is 10.7 Å². The Hall–Kier alpha value is -1.67. The first-order chi connectivity index (χ1) is 7.66. The Morgan fingerprint density at radius 2 is 2.00 bits per heavy atom. The van der Waals surface area contributed by atoms with Gasteiger partial charge in [-0.2, -0.15) is 22.0 Å². The van der Waals surface area contributed by atoms with Crippen LogP contribution in [-0.2, 0) is 11.3 Å². The topological polar surface area (TPSA) is 49.0 Å². The summed E-state index contributed by atoms with van der Waals surface area (Å²) in [6.45, 7) is -0.461. The van der Waals surface area contributed by atoms with E-state index in [9.17, 15) is 26.7 Å². The summed E-state index contributed by atoms with van der Waals surface area (Å²) in [6, 6.07) is 0. The van der Waals surface area contributed by atoms with Crippen molar-refractivity contribution < 1.29 is 26.7 Å². The van der Waals surface area contributed by atoms with Gasteiger partial charge in [-0.15, -0.1) is 0 Å². The predicted molar refractivity (Wildman–Crippen MR) is 46.1 cm³/mol. The van der Waals surface area contributed by atoms with Crippen LogP contribution in [0.25, 0.3) is 0 Å². The molecular weight excluding hydrogens is 249 g/mol. The summed E-state index contributed by atoms with van der Waals surface area (Å²) >= 11 is 0. The Bertz CT molecular complexity index is 386. The zero-order valence-corrected chi connectivity index (χ0v) is 8.55. The van der Waals surface area contributed by atoms with Gasteiger partial charge in [-0.3, -0.25) is 4.79 Å². The third kappa shape index (κ3) is 2.71. The number of nitrogens with one attached hydrogen (secondary N) is 1. The second-order valence-corrected chi connectivity index (χ2v) is 3.27. The number of carbonyl (C=O) groups excluding carboxylic acids is 1. The molecule has 96 valence electrons. The van der Waals surface area contributed by atoms with Crippen LogP contribution in [0.1, 0.15) is 5.82 Å². The molecule has 0 saturated heterocycles. The van der Waals surface area contributed by atoms with Gasteiger partial charge >= 0.3 is 18.0 Å². The standard InChI is InChI=1S/C8H8F5N3O/c1-16(4-5-14-2-3-15-5)6(17)7(9,10)8(11,12)13/h2-3H,4H2,1H3,(H,14,15). The van der Waals surface area contributed by atoms with Crippen LogP contribution in [0.2, 0.25) is 0 Å². The van der Waals surface area contributed by atoms with Gasteiger partial charge in [0.1, 0.15) is 5.82 Å². The molecule has 9 heteroatoms. The average Bonchev–Trinajstić information content (AvgIpc) is 2.67. The van der Waals surface area contributed by atoms with E-state index in [1.165, 1.54) is 12.4 Å². The highest BCUT2D eigenvalue weighted by atomic mass is 19.4. The molecule has 4 nitrogen and oxygen atoms in total. The van der Waals surface area contributed by atoms with Gasteiger partial charge < -0.3 is 9.88 Å². The maximum atomic E-state index is 12.7. The van der Waals surface area contributed by atoms with Gasteiger partial charge in [0.25, 0.3) is 0 Å². The van der Waals surface area contributed by atoms with E-state index in [2.05, 4.69) is 9.97 Å². The number of amides is 1. The third-order valence-corrected chi connectivity index (χ3v) is 1.91. The fourth-order valence-corrected chi connectivity index (χ4v) is 1.04. The van der Waals surface area contributed by atoms with Gasteiger partial charge in [0.05, 0.1) is 6.54 Å². The second-order valence-electron chi connectivity index (χ2n) is 3.27. The molecule has 17 heavy (non-hydrogen) atoms. The number of aromatic nitrogens is 2. The van der Waals surface area contributed by atoms with Gasteiger partial charge in [-0.25, -0.2) is 4.98 Å². The lowest BCUT2D eigenvalue weighted by molar-refractivity contribution is -0.274. The molecule has 0 atom stereocenters. The minimum atomic E-state index is -5.90. The van der Waals surface area contributed by atoms with Gasteiger partial charge in [-0.05, 0) is 0 Å². The number of halogens is 5. The summed E-state index contributed by atoms with van der Waals surface area (Å²) in [5.74, 6) is -7.60. The van der Waals surface area contributed by atoms with E-state index < -0.39 is 24.6 Å². The number of H-pyrrole nitrogens is 1. The molecule has 1 amide bonds. The van der Waals surface area contributed by atoms with Gasteiger partial charge in [0.15, 0.2) is 0 Å². The SMILES string of the molecule is CN(Cc1ncc[nH]1)C(=O)C(F)(F)C(F)(F)F. The fourth-order valence-electron chi connectivity index (χ4n) is 1.04. The van der Waals surface area contributed by atoms with Gasteiger partial charge in [-0.1, -0.05) is 0 Å². The molecule has 0 aliphatic carbocycles. The number of rotatable bonds is 3. The molecule has 0 aliphatic heterocycles. The largest absolute Gasteiger partial charge is 0.463 e. The first kappa shape index (κ1) is 13.4. The van der Waals surface area contributed by atoms with Crippen molar-refractivity contribution >= 4 is 5.91 Å². The van der Waals surface area contributed by atoms with Crippen molar-refractivity contribution in [2.24, 2.45) is 0 Å². The Kier molecular flexibility index (Phi) is 3.39. The lowest BCUT2D eigenvalue weighted by Gasteiger charge is -2.24. The van der Waals surface area contributed by atoms with E-state index >= 15 is 0 Å². The Morgan fingerprint density at radius 1 is 1.41 bits per heavy atom. The molecule has 1 aromatic heterocycles. The summed E-state index contributed by atoms with van der Waals surface area (Å²) in [7, 11) is 0.838. The van der Waals surface area contributed by atoms with Crippen molar-refractivity contribution in [3.8, 4) is 0 Å². The zero-order chi connectivity index (χ0) is 13.3. The van der Waals surface area contributed by atoms with Crippen LogP contribution in [0.4, 0.5) is 22.0 Å². The molecule has 0 unspecified atom stereocenters. The van der Waals surface area contributed by atoms with Crippen LogP contribution in [0.3, 0.4) is 0 Å². The summed E-state index contributed by atoms with van der Waals surface area (Å²) in [6.07, 6.45) is -3.26. The van der Waals surface area contributed by atoms with Crippen LogP contribution in [0, 0.1) is 0 Å². The molecule has 0 bridgehead atoms. The number of nitrogens with zero attached hydrogens (tertiary/aromatic N) is 2. The van der Waals surface area contributed by atoms with Crippen LogP contribution < -0.4 is 0 Å². The van der Waals surface area contributed by atoms with Crippen molar-refractivity contribution in [1.29, 1.82) is 0 Å². The highest BCUT2D eigenvalue weighted by Gasteiger charge is 2.64. The maximum Gasteiger partial charge on any atom is 0.463 e. The average molecular weight is 257 g/mol. The molecule has 1 N–H and O–H groups in total. The molecule has 0 radical (unpaired) electrons. The Labute approximate surface area is 92.4 Å². The monoisotopic (exact) mass is 257 g/mol. The highest BCUT2D eigenvalue weighted by Crippen LogP contribution is 2.36. The number of hydrogen-bond acceptors (Lipinski definition) is 2. The first-order valence-corrected chi connectivity index (χ1v) is 4.34. The van der Waals surface area contributed by atoms with Crippen molar-refractivity contribution in [3.05, 3.63) is 18.2 Å². The van der Waals surface area contributed by atoms with E-state index in [1.807, 2.05) is 0 Å². The number of alkyl halides is 5. The number of aromatic amines is 1. The van der Waals surface area contributed by atoms with E-state index in [4.69, 9.17) is 0 Å². The molecule has 1 heterocycles. The minimum absolute atomic E-state index is 0.110. The zero-order valence-electron chi connectivity index (χ0n) is 8.55. The number of imidazole rings is 1. The molecule has 0 saturated carbocycles. The van der Waals surface area contributed by atoms with Crippen molar-refractivity contribution in [2.45, 2.75) is 18.6 Å². The minimum Gasteiger partial charge on any atom is -0.347 e. The smallest absolute Gasteiger partial charge is 0.347 e. The molecule has 1 rings (SSSR count). The summed E-state index contributed by atoms with van der Waals surface area (Å²) in [5.41, 5.74) is 0. The van der Waals surface area contributed by atoms with Gasteiger partial charge in [0, 0.05) is 19.4 Å². The first-order valence-electron chi connectivity index (χ1n) is 4.34. The molecule has 1 aromatic rings. The molecule has 0 aliphatic rings. The fraction of sp³-hybridized carbons (Fsp3) is 0.500. The highest BCUT2D eigenvalue weighted by molar-refractivity contribution is 5.84. The predicted octanol–water partition coefficient (Wildman–Crippen LogP) is 1.57. The molecule has 0 spiro atoms. The number of carbonyl (C=O) groups is 1. The van der Waals surface area contributed by atoms with E-state index in [0.29, 0.717) is 0 Å². The summed E-state index contributed by atoms with van der Waals surface area (Å²) in [4.78, 5) is 17.3. The summed E-state index contributed by atoms with van der Waals surface area (Å²) < 4.78 is 61.0. The van der Waals surface area contributed by atoms with E-state index in [1.54, 1.807) is 0 Å². The second kappa shape index (κ2) is 4.30. The van der Waals surface area contributed by atoms with Crippen LogP contribution in [-0.4, -0.2) is 39.9 Å². The summed E-state index contributed by atoms with van der Waals surface area (Å²) in [5, 5.41) is 0. The Morgan fingerprint density at radius 3 is 2.41 bits per heavy atom. The lowest BCUT2D eigenvalue weighted by atomic mass is 10.3. The van der Waals surface area contributed by atoms with Crippen molar-refractivity contribution in [3.63, 3.8) is 0 Å². The quantitative estimate of drug-likeness (QED) is 0.835. The van der Waals surface area contributed by atoms with Crippen LogP contribution >= 0.6 is 0 Å². The Balaban J connectivity index is 2.76. The third-order valence-electron chi connectivity index (χ3n) is 1.91.